The van der Waals surface area contributed by atoms with E-state index in [1.165, 1.54) is 5.56 Å². The van der Waals surface area contributed by atoms with Crippen molar-refractivity contribution in [2.24, 2.45) is 4.99 Å². The van der Waals surface area contributed by atoms with Crippen LogP contribution in [0.3, 0.4) is 0 Å². The first kappa shape index (κ1) is 24.8. The molecule has 0 bridgehead atoms. The number of amides is 1. The van der Waals surface area contributed by atoms with Gasteiger partial charge in [0, 0.05) is 37.9 Å². The molecule has 0 saturated carbocycles. The maximum absolute atomic E-state index is 11.9. The van der Waals surface area contributed by atoms with Crippen LogP contribution >= 0.6 is 24.0 Å². The molecule has 1 aromatic heterocycles. The first-order valence-electron chi connectivity index (χ1n) is 11.2. The van der Waals surface area contributed by atoms with Crippen LogP contribution in [0.4, 0.5) is 5.69 Å². The van der Waals surface area contributed by atoms with Crippen molar-refractivity contribution in [1.29, 1.82) is 0 Å². The van der Waals surface area contributed by atoms with E-state index in [9.17, 15) is 4.79 Å². The van der Waals surface area contributed by atoms with E-state index in [1.807, 2.05) is 70.4 Å². The molecule has 1 aliphatic rings. The van der Waals surface area contributed by atoms with Crippen molar-refractivity contribution in [2.45, 2.75) is 32.7 Å². The Morgan fingerprint density at radius 1 is 1.03 bits per heavy atom. The Hall–Kier alpha value is -2.88. The molecule has 1 aliphatic heterocycles. The topological polar surface area (TPSA) is 74.6 Å². The number of carbonyl (C=O) groups excluding carboxylic acids is 1. The van der Waals surface area contributed by atoms with Crippen LogP contribution in [-0.2, 0) is 17.8 Å². The molecule has 1 saturated heterocycles. The third kappa shape index (κ3) is 6.80. The first-order valence-corrected chi connectivity index (χ1v) is 11.2. The smallest absolute Gasteiger partial charge is 0.227 e. The highest BCUT2D eigenvalue weighted by Crippen LogP contribution is 2.21. The Balaban J connectivity index is 0.00000306. The second kappa shape index (κ2) is 12.4. The number of carbonyl (C=O) groups is 1. The lowest BCUT2D eigenvalue weighted by atomic mass is 10.2. The minimum absolute atomic E-state index is 0. The van der Waals surface area contributed by atoms with E-state index in [0.717, 1.165) is 55.4 Å². The number of guanidine groups is 1. The van der Waals surface area contributed by atoms with Crippen molar-refractivity contribution < 1.29 is 4.79 Å². The average molecular weight is 558 g/mol. The summed E-state index contributed by atoms with van der Waals surface area (Å²) >= 11 is 0. The normalized spacial score (nSPS) is 13.7. The van der Waals surface area contributed by atoms with Crippen molar-refractivity contribution in [1.82, 2.24) is 20.4 Å². The van der Waals surface area contributed by atoms with Crippen LogP contribution in [0.5, 0.6) is 0 Å². The zero-order valence-corrected chi connectivity index (χ0v) is 21.2. The van der Waals surface area contributed by atoms with Crippen molar-refractivity contribution >= 4 is 41.5 Å². The van der Waals surface area contributed by atoms with Crippen LogP contribution in [-0.4, -0.2) is 41.3 Å². The van der Waals surface area contributed by atoms with Crippen LogP contribution in [0.1, 0.15) is 30.9 Å². The highest BCUT2D eigenvalue weighted by Gasteiger charge is 2.21. The molecule has 2 N–H and O–H groups in total. The van der Waals surface area contributed by atoms with Gasteiger partial charge in [-0.25, -0.2) is 9.67 Å². The third-order valence-electron chi connectivity index (χ3n) is 5.45. The highest BCUT2D eigenvalue weighted by atomic mass is 127. The Morgan fingerprint density at radius 2 is 1.82 bits per heavy atom. The Morgan fingerprint density at radius 3 is 2.52 bits per heavy atom. The summed E-state index contributed by atoms with van der Waals surface area (Å²) in [6, 6.07) is 18.2. The van der Waals surface area contributed by atoms with Gasteiger partial charge in [0.2, 0.25) is 5.91 Å². The fraction of sp³-hybridized carbons (Fsp3) is 0.320. The molecule has 3 aromatic rings. The Bertz CT molecular complexity index is 1050. The monoisotopic (exact) mass is 558 g/mol. The van der Waals surface area contributed by atoms with E-state index >= 15 is 0 Å². The summed E-state index contributed by atoms with van der Waals surface area (Å²) in [5.41, 5.74) is 4.31. The molecule has 0 atom stereocenters. The molecule has 2 heterocycles. The largest absolute Gasteiger partial charge is 0.357 e. The number of para-hydroxylation sites is 1. The summed E-state index contributed by atoms with van der Waals surface area (Å²) in [6.07, 6.45) is 6.42. The predicted octanol–water partition coefficient (Wildman–Crippen LogP) is 3.91. The SMILES string of the molecule is CCNC(=NCc1ccc(N2CCCC2=O)cc1)NCCc1cnn(-c2ccccc2)c1.I. The van der Waals surface area contributed by atoms with Gasteiger partial charge in [-0.15, -0.1) is 24.0 Å². The number of hydrogen-bond donors (Lipinski definition) is 2. The van der Waals surface area contributed by atoms with Gasteiger partial charge in [0.05, 0.1) is 18.4 Å². The Kier molecular flexibility index (Phi) is 9.29. The molecular weight excluding hydrogens is 527 g/mol. The van der Waals surface area contributed by atoms with Crippen molar-refractivity contribution in [3.8, 4) is 5.69 Å². The lowest BCUT2D eigenvalue weighted by Crippen LogP contribution is -2.38. The molecule has 8 heteroatoms. The van der Waals surface area contributed by atoms with Crippen LogP contribution < -0.4 is 15.5 Å². The van der Waals surface area contributed by atoms with Crippen molar-refractivity contribution in [3.63, 3.8) is 0 Å². The van der Waals surface area contributed by atoms with Gasteiger partial charge >= 0.3 is 0 Å². The second-order valence-corrected chi connectivity index (χ2v) is 7.82. The molecule has 0 spiro atoms. The lowest BCUT2D eigenvalue weighted by Gasteiger charge is -2.16. The van der Waals surface area contributed by atoms with Crippen LogP contribution in [0.25, 0.3) is 5.69 Å². The number of halogens is 1. The third-order valence-corrected chi connectivity index (χ3v) is 5.45. The van der Waals surface area contributed by atoms with E-state index in [4.69, 9.17) is 4.99 Å². The molecule has 0 unspecified atom stereocenters. The van der Waals surface area contributed by atoms with Gasteiger partial charge in [-0.2, -0.15) is 5.10 Å². The summed E-state index contributed by atoms with van der Waals surface area (Å²) in [7, 11) is 0. The highest BCUT2D eigenvalue weighted by molar-refractivity contribution is 14.0. The van der Waals surface area contributed by atoms with E-state index in [2.05, 4.69) is 28.9 Å². The summed E-state index contributed by atoms with van der Waals surface area (Å²) < 4.78 is 1.90. The number of nitrogens with one attached hydrogen (secondary N) is 2. The fourth-order valence-corrected chi connectivity index (χ4v) is 3.75. The number of anilines is 1. The quantitative estimate of drug-likeness (QED) is 0.250. The molecule has 7 nitrogen and oxygen atoms in total. The molecule has 174 valence electrons. The van der Waals surface area contributed by atoms with Crippen molar-refractivity contribution in [2.75, 3.05) is 24.5 Å². The maximum Gasteiger partial charge on any atom is 0.227 e. The molecule has 0 radical (unpaired) electrons. The van der Waals surface area contributed by atoms with Gasteiger partial charge in [0.25, 0.3) is 0 Å². The van der Waals surface area contributed by atoms with Gasteiger partial charge in [0.15, 0.2) is 5.96 Å². The van der Waals surface area contributed by atoms with Crippen LogP contribution in [0.15, 0.2) is 72.0 Å². The zero-order valence-electron chi connectivity index (χ0n) is 18.9. The minimum Gasteiger partial charge on any atom is -0.357 e. The molecule has 4 rings (SSSR count). The van der Waals surface area contributed by atoms with E-state index in [1.54, 1.807) is 0 Å². The Labute approximate surface area is 212 Å². The zero-order chi connectivity index (χ0) is 22.2. The standard InChI is InChI=1S/C25H30N6O.HI/c1-2-26-25(27-15-14-21-18-29-31(19-21)23-7-4-3-5-8-23)28-17-20-10-12-22(13-11-20)30-16-6-9-24(30)32;/h3-5,7-8,10-13,18-19H,2,6,9,14-17H2,1H3,(H2,26,27,28);1H. The summed E-state index contributed by atoms with van der Waals surface area (Å²) in [6.45, 7) is 5.02. The molecule has 0 aliphatic carbocycles. The first-order chi connectivity index (χ1) is 15.7. The van der Waals surface area contributed by atoms with E-state index in [0.29, 0.717) is 13.0 Å². The van der Waals surface area contributed by atoms with E-state index < -0.39 is 0 Å². The molecule has 1 amide bonds. The van der Waals surface area contributed by atoms with E-state index in [-0.39, 0.29) is 29.9 Å². The lowest BCUT2D eigenvalue weighted by molar-refractivity contribution is -0.117. The number of benzene rings is 2. The molecule has 1 fully saturated rings. The maximum atomic E-state index is 11.9. The summed E-state index contributed by atoms with van der Waals surface area (Å²) in [4.78, 5) is 18.5. The second-order valence-electron chi connectivity index (χ2n) is 7.82. The number of aromatic nitrogens is 2. The average Bonchev–Trinajstić information content (AvgIpc) is 3.48. The molecule has 2 aromatic carbocycles. The van der Waals surface area contributed by atoms with Gasteiger partial charge in [-0.1, -0.05) is 30.3 Å². The fourth-order valence-electron chi connectivity index (χ4n) is 3.75. The summed E-state index contributed by atoms with van der Waals surface area (Å²) in [5.74, 6) is 1.01. The number of rotatable bonds is 8. The van der Waals surface area contributed by atoms with Crippen molar-refractivity contribution in [3.05, 3.63) is 78.1 Å². The summed E-state index contributed by atoms with van der Waals surface area (Å²) in [5, 5.41) is 11.2. The molecular formula is C25H31IN6O. The van der Waals surface area contributed by atoms with Gasteiger partial charge in [-0.3, -0.25) is 4.79 Å². The van der Waals surface area contributed by atoms with Gasteiger partial charge in [0.1, 0.15) is 0 Å². The number of hydrogen-bond acceptors (Lipinski definition) is 3. The predicted molar refractivity (Wildman–Crippen MR) is 144 cm³/mol. The number of nitrogens with zero attached hydrogens (tertiary/aromatic N) is 4. The number of aliphatic imine (C=N–C) groups is 1. The minimum atomic E-state index is 0. The van der Waals surface area contributed by atoms with Gasteiger partial charge in [-0.05, 0) is 55.2 Å². The van der Waals surface area contributed by atoms with Crippen LogP contribution in [0, 0.1) is 0 Å². The van der Waals surface area contributed by atoms with Gasteiger partial charge < -0.3 is 15.5 Å². The molecule has 33 heavy (non-hydrogen) atoms. The van der Waals surface area contributed by atoms with Crippen LogP contribution in [0.2, 0.25) is 0 Å².